The average molecular weight is 295 g/mol. The minimum absolute atomic E-state index is 0.120. The summed E-state index contributed by atoms with van der Waals surface area (Å²) in [5.74, 6) is 2.55. The molecule has 0 saturated carbocycles. The molecule has 1 amide bonds. The molecule has 2 rings (SSSR count). The number of amides is 1. The summed E-state index contributed by atoms with van der Waals surface area (Å²) in [6.45, 7) is 2.03. The molecule has 21 heavy (non-hydrogen) atoms. The van der Waals surface area contributed by atoms with Crippen molar-refractivity contribution in [2.24, 2.45) is 12.9 Å². The highest BCUT2D eigenvalue weighted by Crippen LogP contribution is 2.19. The molecule has 2 aromatic rings. The lowest BCUT2D eigenvalue weighted by atomic mass is 10.1. The number of aromatic nitrogens is 2. The van der Waals surface area contributed by atoms with Gasteiger partial charge in [0.2, 0.25) is 0 Å². The Kier molecular flexibility index (Phi) is 4.18. The highest BCUT2D eigenvalue weighted by molar-refractivity contribution is 5.94. The fraction of sp³-hybridized carbons (Fsp3) is 0.231. The van der Waals surface area contributed by atoms with Gasteiger partial charge in [0.1, 0.15) is 5.69 Å². The van der Waals surface area contributed by atoms with Gasteiger partial charge in [0.25, 0.3) is 5.91 Å². The summed E-state index contributed by atoms with van der Waals surface area (Å²) < 4.78 is 28.7. The molecule has 8 heteroatoms. The van der Waals surface area contributed by atoms with Crippen molar-refractivity contribution in [2.45, 2.75) is 13.5 Å². The number of benzene rings is 1. The van der Waals surface area contributed by atoms with Gasteiger partial charge in [0.15, 0.2) is 11.6 Å². The maximum atomic E-state index is 13.5. The number of hydrazine groups is 1. The Balaban J connectivity index is 2.12. The van der Waals surface area contributed by atoms with Crippen LogP contribution in [0.4, 0.5) is 14.5 Å². The molecule has 0 fully saturated rings. The summed E-state index contributed by atoms with van der Waals surface area (Å²) in [6.07, 6.45) is 1.76. The second-order valence-electron chi connectivity index (χ2n) is 4.56. The van der Waals surface area contributed by atoms with Crippen LogP contribution in [0.5, 0.6) is 0 Å². The van der Waals surface area contributed by atoms with Gasteiger partial charge in [-0.25, -0.2) is 8.78 Å². The number of nitrogen functional groups attached to an aromatic ring is 1. The summed E-state index contributed by atoms with van der Waals surface area (Å²) >= 11 is 0. The molecule has 0 spiro atoms. The van der Waals surface area contributed by atoms with E-state index in [1.54, 1.807) is 17.9 Å². The number of nitrogens with two attached hydrogens (primary N) is 1. The Morgan fingerprint density at radius 1 is 1.38 bits per heavy atom. The van der Waals surface area contributed by atoms with Crippen LogP contribution in [0.2, 0.25) is 0 Å². The smallest absolute Gasteiger partial charge is 0.251 e. The predicted octanol–water partition coefficient (Wildman–Crippen LogP) is 1.22. The second-order valence-corrected chi connectivity index (χ2v) is 4.56. The molecule has 0 aliphatic heterocycles. The fourth-order valence-corrected chi connectivity index (χ4v) is 1.94. The van der Waals surface area contributed by atoms with E-state index in [4.69, 9.17) is 5.84 Å². The Hall–Kier alpha value is -2.48. The molecular formula is C13H15F2N5O. The van der Waals surface area contributed by atoms with Crippen molar-refractivity contribution in [1.82, 2.24) is 15.1 Å². The van der Waals surface area contributed by atoms with E-state index in [9.17, 15) is 13.6 Å². The third-order valence-electron chi connectivity index (χ3n) is 3.00. The molecule has 0 atom stereocenters. The van der Waals surface area contributed by atoms with Crippen LogP contribution in [-0.4, -0.2) is 15.7 Å². The first-order valence-corrected chi connectivity index (χ1v) is 6.15. The fourth-order valence-electron chi connectivity index (χ4n) is 1.94. The maximum absolute atomic E-state index is 13.5. The van der Waals surface area contributed by atoms with Crippen LogP contribution >= 0.6 is 0 Å². The van der Waals surface area contributed by atoms with Crippen molar-refractivity contribution in [3.63, 3.8) is 0 Å². The van der Waals surface area contributed by atoms with Gasteiger partial charge >= 0.3 is 0 Å². The van der Waals surface area contributed by atoms with Gasteiger partial charge in [0, 0.05) is 30.9 Å². The summed E-state index contributed by atoms with van der Waals surface area (Å²) in [5.41, 5.74) is 2.91. The molecule has 4 N–H and O–H groups in total. The molecule has 0 unspecified atom stereocenters. The van der Waals surface area contributed by atoms with Crippen LogP contribution in [0.1, 0.15) is 21.6 Å². The molecule has 0 aliphatic rings. The molecule has 0 aliphatic carbocycles. The van der Waals surface area contributed by atoms with Crippen molar-refractivity contribution in [3.8, 4) is 0 Å². The van der Waals surface area contributed by atoms with Crippen molar-refractivity contribution in [1.29, 1.82) is 0 Å². The highest BCUT2D eigenvalue weighted by atomic mass is 19.1. The number of carbonyl (C=O) groups excluding carboxylic acids is 1. The zero-order valence-corrected chi connectivity index (χ0v) is 11.6. The lowest BCUT2D eigenvalue weighted by molar-refractivity contribution is 0.0950. The Bertz CT molecular complexity index is 660. The molecule has 112 valence electrons. The first-order valence-electron chi connectivity index (χ1n) is 6.15. The standard InChI is InChI=1S/C13H15F2N5O/c1-7-9(6-20(2)19-7)5-17-13(21)8-3-10(14)12(18-16)11(15)4-8/h3-4,6,18H,5,16H2,1-2H3,(H,17,21). The average Bonchev–Trinajstić information content (AvgIpc) is 2.74. The molecule has 0 radical (unpaired) electrons. The largest absolute Gasteiger partial charge is 0.348 e. The van der Waals surface area contributed by atoms with E-state index in [0.29, 0.717) is 0 Å². The number of hydrogen-bond acceptors (Lipinski definition) is 4. The number of nitrogens with zero attached hydrogens (tertiary/aromatic N) is 2. The molecular weight excluding hydrogens is 280 g/mol. The number of hydrogen-bond donors (Lipinski definition) is 3. The van der Waals surface area contributed by atoms with E-state index in [0.717, 1.165) is 23.4 Å². The molecule has 1 aromatic heterocycles. The van der Waals surface area contributed by atoms with Gasteiger partial charge < -0.3 is 10.7 Å². The van der Waals surface area contributed by atoms with Crippen molar-refractivity contribution in [2.75, 3.05) is 5.43 Å². The van der Waals surface area contributed by atoms with Crippen LogP contribution in [0.15, 0.2) is 18.3 Å². The first kappa shape index (κ1) is 14.9. The number of nitrogens with one attached hydrogen (secondary N) is 2. The Morgan fingerprint density at radius 2 is 2.00 bits per heavy atom. The first-order chi connectivity index (χ1) is 9.92. The third kappa shape index (κ3) is 3.16. The van der Waals surface area contributed by atoms with E-state index in [2.05, 4.69) is 10.4 Å². The predicted molar refractivity (Wildman–Crippen MR) is 73.3 cm³/mol. The summed E-state index contributed by atoms with van der Waals surface area (Å²) in [5, 5.41) is 6.72. The maximum Gasteiger partial charge on any atom is 0.251 e. The number of aryl methyl sites for hydroxylation is 2. The van der Waals surface area contributed by atoms with Gasteiger partial charge in [-0.3, -0.25) is 15.3 Å². The van der Waals surface area contributed by atoms with Crippen LogP contribution < -0.4 is 16.6 Å². The minimum atomic E-state index is -0.930. The van der Waals surface area contributed by atoms with Crippen LogP contribution in [0, 0.1) is 18.6 Å². The third-order valence-corrected chi connectivity index (χ3v) is 3.00. The quantitative estimate of drug-likeness (QED) is 0.585. The van der Waals surface area contributed by atoms with Gasteiger partial charge in [0.05, 0.1) is 5.69 Å². The summed E-state index contributed by atoms with van der Waals surface area (Å²) in [7, 11) is 1.77. The van der Waals surface area contributed by atoms with Crippen molar-refractivity contribution in [3.05, 3.63) is 46.8 Å². The van der Waals surface area contributed by atoms with E-state index < -0.39 is 23.2 Å². The van der Waals surface area contributed by atoms with E-state index in [1.807, 2.05) is 12.3 Å². The lowest BCUT2D eigenvalue weighted by Crippen LogP contribution is -2.23. The molecule has 0 saturated heterocycles. The van der Waals surface area contributed by atoms with E-state index >= 15 is 0 Å². The zero-order valence-electron chi connectivity index (χ0n) is 11.6. The van der Waals surface area contributed by atoms with Crippen LogP contribution in [0.25, 0.3) is 0 Å². The van der Waals surface area contributed by atoms with Crippen LogP contribution in [-0.2, 0) is 13.6 Å². The Labute approximate surface area is 119 Å². The molecule has 1 heterocycles. The number of carbonyl (C=O) groups is 1. The van der Waals surface area contributed by atoms with Gasteiger partial charge in [-0.15, -0.1) is 0 Å². The van der Waals surface area contributed by atoms with E-state index in [1.165, 1.54) is 0 Å². The van der Waals surface area contributed by atoms with Gasteiger partial charge in [-0.1, -0.05) is 0 Å². The topological polar surface area (TPSA) is 85.0 Å². The second kappa shape index (κ2) is 5.88. The van der Waals surface area contributed by atoms with E-state index in [-0.39, 0.29) is 12.1 Å². The number of anilines is 1. The normalized spacial score (nSPS) is 10.5. The molecule has 1 aromatic carbocycles. The minimum Gasteiger partial charge on any atom is -0.348 e. The van der Waals surface area contributed by atoms with Crippen molar-refractivity contribution < 1.29 is 13.6 Å². The Morgan fingerprint density at radius 3 is 2.48 bits per heavy atom. The number of rotatable bonds is 4. The number of halogens is 2. The molecule has 6 nitrogen and oxygen atoms in total. The van der Waals surface area contributed by atoms with Gasteiger partial charge in [-0.05, 0) is 19.1 Å². The molecule has 0 bridgehead atoms. The zero-order chi connectivity index (χ0) is 15.6. The highest BCUT2D eigenvalue weighted by Gasteiger charge is 2.15. The van der Waals surface area contributed by atoms with Gasteiger partial charge in [-0.2, -0.15) is 5.10 Å². The lowest BCUT2D eigenvalue weighted by Gasteiger charge is -2.08. The summed E-state index contributed by atoms with van der Waals surface area (Å²) in [6, 6.07) is 1.84. The SMILES string of the molecule is Cc1nn(C)cc1CNC(=O)c1cc(F)c(NN)c(F)c1. The van der Waals surface area contributed by atoms with Crippen molar-refractivity contribution >= 4 is 11.6 Å². The summed E-state index contributed by atoms with van der Waals surface area (Å²) in [4.78, 5) is 11.9. The van der Waals surface area contributed by atoms with Crippen LogP contribution in [0.3, 0.4) is 0 Å². The monoisotopic (exact) mass is 295 g/mol.